The summed E-state index contributed by atoms with van der Waals surface area (Å²) in [6.45, 7) is 0.793. The molecule has 1 saturated heterocycles. The number of halogens is 3. The zero-order chi connectivity index (χ0) is 17.9. The van der Waals surface area contributed by atoms with Crippen molar-refractivity contribution in [1.82, 2.24) is 10.2 Å². The molecule has 2 rings (SSSR count). The van der Waals surface area contributed by atoms with Crippen LogP contribution >= 0.6 is 0 Å². The average molecular weight is 345 g/mol. The van der Waals surface area contributed by atoms with Crippen LogP contribution in [0.4, 0.5) is 23.7 Å². The molecule has 1 aromatic carbocycles. The molecule has 0 unspecified atom stereocenters. The van der Waals surface area contributed by atoms with E-state index in [0.717, 1.165) is 17.0 Å². The van der Waals surface area contributed by atoms with E-state index >= 15 is 0 Å². The van der Waals surface area contributed by atoms with Gasteiger partial charge < -0.3 is 15.3 Å². The highest BCUT2D eigenvalue weighted by Crippen LogP contribution is 2.33. The molecule has 0 radical (unpaired) electrons. The van der Waals surface area contributed by atoms with Crippen molar-refractivity contribution < 1.29 is 27.9 Å². The van der Waals surface area contributed by atoms with Crippen molar-refractivity contribution >= 4 is 17.7 Å². The summed E-state index contributed by atoms with van der Waals surface area (Å²) in [7, 11) is 1.42. The predicted octanol–water partition coefficient (Wildman–Crippen LogP) is 1.87. The monoisotopic (exact) mass is 345 g/mol. The lowest BCUT2D eigenvalue weighted by atomic mass is 9.98. The van der Waals surface area contributed by atoms with Crippen LogP contribution in [0.3, 0.4) is 0 Å². The second-order valence-corrected chi connectivity index (χ2v) is 5.66. The molecule has 9 heteroatoms. The van der Waals surface area contributed by atoms with Crippen molar-refractivity contribution in [3.8, 4) is 0 Å². The Morgan fingerprint density at radius 2 is 2.04 bits per heavy atom. The van der Waals surface area contributed by atoms with E-state index in [0.29, 0.717) is 18.8 Å². The van der Waals surface area contributed by atoms with Crippen molar-refractivity contribution in [2.45, 2.75) is 6.18 Å². The summed E-state index contributed by atoms with van der Waals surface area (Å²) >= 11 is 0. The number of carbonyl (C=O) groups excluding carboxylic acids is 1. The maximum absolute atomic E-state index is 12.7. The van der Waals surface area contributed by atoms with Gasteiger partial charge in [-0.3, -0.25) is 9.69 Å². The normalized spacial score (nSPS) is 14.9. The van der Waals surface area contributed by atoms with Gasteiger partial charge in [0.15, 0.2) is 0 Å². The summed E-state index contributed by atoms with van der Waals surface area (Å²) in [5, 5.41) is 11.5. The van der Waals surface area contributed by atoms with Gasteiger partial charge in [-0.05, 0) is 18.2 Å². The summed E-state index contributed by atoms with van der Waals surface area (Å²) in [4.78, 5) is 25.2. The number of carbonyl (C=O) groups is 2. The zero-order valence-electron chi connectivity index (χ0n) is 13.0. The Balaban J connectivity index is 1.93. The Morgan fingerprint density at radius 3 is 2.58 bits per heavy atom. The second kappa shape index (κ2) is 6.98. The molecular formula is C15H18F3N3O3. The van der Waals surface area contributed by atoms with Crippen LogP contribution in [0, 0.1) is 5.92 Å². The van der Waals surface area contributed by atoms with E-state index in [1.165, 1.54) is 13.1 Å². The number of likely N-dealkylation sites (N-methyl/N-ethyl adjacent to an activating group) is 1. The number of amides is 2. The molecule has 0 atom stereocenters. The van der Waals surface area contributed by atoms with Gasteiger partial charge in [0.25, 0.3) is 0 Å². The molecule has 132 valence electrons. The standard InChI is InChI=1S/C15H18F3N3O3/c1-19-13(22)9-21(14(23)24)8-10-6-20(7-10)12-4-2-3-11(5-12)15(16,17)18/h2-5,10H,6-9H2,1H3,(H,19,22)(H,23,24). The van der Waals surface area contributed by atoms with Gasteiger partial charge in [0.05, 0.1) is 5.56 Å². The molecule has 0 aliphatic carbocycles. The number of alkyl halides is 3. The van der Waals surface area contributed by atoms with Gasteiger partial charge in [-0.1, -0.05) is 6.07 Å². The zero-order valence-corrected chi connectivity index (χ0v) is 13.0. The Labute approximate surface area is 136 Å². The number of hydrogen-bond acceptors (Lipinski definition) is 3. The van der Waals surface area contributed by atoms with Gasteiger partial charge in [-0.15, -0.1) is 0 Å². The lowest BCUT2D eigenvalue weighted by Crippen LogP contribution is -2.53. The van der Waals surface area contributed by atoms with Gasteiger partial charge in [0.1, 0.15) is 6.54 Å². The molecule has 24 heavy (non-hydrogen) atoms. The SMILES string of the molecule is CNC(=O)CN(CC1CN(c2cccc(C(F)(F)F)c2)C1)C(=O)O. The average Bonchev–Trinajstić information content (AvgIpc) is 2.47. The molecule has 1 aromatic rings. The number of benzene rings is 1. The first-order valence-electron chi connectivity index (χ1n) is 7.31. The highest BCUT2D eigenvalue weighted by atomic mass is 19.4. The van der Waals surface area contributed by atoms with E-state index in [4.69, 9.17) is 5.11 Å². The lowest BCUT2D eigenvalue weighted by Gasteiger charge is -2.42. The maximum atomic E-state index is 12.7. The van der Waals surface area contributed by atoms with E-state index in [9.17, 15) is 22.8 Å². The molecule has 0 bridgehead atoms. The first-order valence-corrected chi connectivity index (χ1v) is 7.31. The third-order valence-corrected chi connectivity index (χ3v) is 3.86. The maximum Gasteiger partial charge on any atom is 0.416 e. The Morgan fingerprint density at radius 1 is 1.38 bits per heavy atom. The topological polar surface area (TPSA) is 72.9 Å². The van der Waals surface area contributed by atoms with Crippen molar-refractivity contribution in [3.63, 3.8) is 0 Å². The minimum Gasteiger partial charge on any atom is -0.465 e. The summed E-state index contributed by atoms with van der Waals surface area (Å²) in [5.41, 5.74) is -0.260. The van der Waals surface area contributed by atoms with Crippen molar-refractivity contribution in [2.75, 3.05) is 38.1 Å². The Hall–Kier alpha value is -2.45. The summed E-state index contributed by atoms with van der Waals surface area (Å²) in [6.07, 6.45) is -5.59. The molecule has 0 spiro atoms. The minimum absolute atomic E-state index is 0.0275. The quantitative estimate of drug-likeness (QED) is 0.855. The first kappa shape index (κ1) is 17.9. The van der Waals surface area contributed by atoms with E-state index in [2.05, 4.69) is 5.32 Å². The van der Waals surface area contributed by atoms with E-state index < -0.39 is 23.7 Å². The fourth-order valence-corrected chi connectivity index (χ4v) is 2.55. The van der Waals surface area contributed by atoms with Crippen molar-refractivity contribution in [3.05, 3.63) is 29.8 Å². The van der Waals surface area contributed by atoms with Crippen LogP contribution in [0.1, 0.15) is 5.56 Å². The molecule has 1 fully saturated rings. The smallest absolute Gasteiger partial charge is 0.416 e. The fraction of sp³-hybridized carbons (Fsp3) is 0.467. The minimum atomic E-state index is -4.39. The van der Waals surface area contributed by atoms with Gasteiger partial charge in [-0.25, -0.2) is 4.79 Å². The van der Waals surface area contributed by atoms with Crippen LogP contribution in [0.25, 0.3) is 0 Å². The number of carboxylic acid groups (broad SMARTS) is 1. The molecule has 1 aliphatic rings. The number of anilines is 1. The third kappa shape index (κ3) is 4.30. The van der Waals surface area contributed by atoms with Crippen LogP contribution in [0.5, 0.6) is 0 Å². The molecule has 0 saturated carbocycles. The van der Waals surface area contributed by atoms with Crippen LogP contribution in [0.15, 0.2) is 24.3 Å². The van der Waals surface area contributed by atoms with Crippen LogP contribution < -0.4 is 10.2 Å². The summed E-state index contributed by atoms with van der Waals surface area (Å²) in [6, 6.07) is 5.03. The Kier molecular flexibility index (Phi) is 5.20. The number of nitrogens with zero attached hydrogens (tertiary/aromatic N) is 2. The van der Waals surface area contributed by atoms with Gasteiger partial charge in [-0.2, -0.15) is 13.2 Å². The van der Waals surface area contributed by atoms with Gasteiger partial charge in [0, 0.05) is 38.3 Å². The van der Waals surface area contributed by atoms with Crippen LogP contribution in [-0.2, 0) is 11.0 Å². The largest absolute Gasteiger partial charge is 0.465 e. The molecule has 0 aromatic heterocycles. The highest BCUT2D eigenvalue weighted by molar-refractivity contribution is 5.81. The van der Waals surface area contributed by atoms with Gasteiger partial charge in [0.2, 0.25) is 5.91 Å². The van der Waals surface area contributed by atoms with Crippen molar-refractivity contribution in [1.29, 1.82) is 0 Å². The summed E-state index contributed by atoms with van der Waals surface area (Å²) in [5.74, 6) is -0.438. The van der Waals surface area contributed by atoms with Crippen molar-refractivity contribution in [2.24, 2.45) is 5.92 Å². The van der Waals surface area contributed by atoms with Crippen LogP contribution in [0.2, 0.25) is 0 Å². The molecule has 6 nitrogen and oxygen atoms in total. The summed E-state index contributed by atoms with van der Waals surface area (Å²) < 4.78 is 38.2. The highest BCUT2D eigenvalue weighted by Gasteiger charge is 2.34. The third-order valence-electron chi connectivity index (χ3n) is 3.86. The van der Waals surface area contributed by atoms with E-state index in [1.54, 1.807) is 11.0 Å². The van der Waals surface area contributed by atoms with E-state index in [-0.39, 0.29) is 19.0 Å². The first-order chi connectivity index (χ1) is 11.2. The molecule has 1 heterocycles. The number of rotatable bonds is 5. The van der Waals surface area contributed by atoms with Crippen LogP contribution in [-0.4, -0.2) is 55.2 Å². The molecule has 2 N–H and O–H groups in total. The molecule has 1 aliphatic heterocycles. The molecular weight excluding hydrogens is 327 g/mol. The lowest BCUT2D eigenvalue weighted by molar-refractivity contribution is -0.137. The fourth-order valence-electron chi connectivity index (χ4n) is 2.55. The second-order valence-electron chi connectivity index (χ2n) is 5.66. The predicted molar refractivity (Wildman–Crippen MR) is 80.8 cm³/mol. The van der Waals surface area contributed by atoms with E-state index in [1.807, 2.05) is 0 Å². The molecule has 2 amide bonds. The van der Waals surface area contributed by atoms with Gasteiger partial charge >= 0.3 is 12.3 Å². The number of hydrogen-bond donors (Lipinski definition) is 2. The Bertz CT molecular complexity index is 615. The number of nitrogens with one attached hydrogen (secondary N) is 1.